The van der Waals surface area contributed by atoms with Crippen molar-refractivity contribution in [3.8, 4) is 5.75 Å². The van der Waals surface area contributed by atoms with Crippen molar-refractivity contribution in [3.63, 3.8) is 0 Å². The number of aliphatic hydroxyl groups is 1. The maximum absolute atomic E-state index is 12.5. The molecule has 0 saturated carbocycles. The van der Waals surface area contributed by atoms with E-state index in [1.807, 2.05) is 0 Å². The number of carbonyl (C=O) groups is 1. The van der Waals surface area contributed by atoms with Crippen molar-refractivity contribution < 1.29 is 32.5 Å². The molecule has 1 rings (SSSR count). The molecule has 0 bridgehead atoms. The van der Waals surface area contributed by atoms with Gasteiger partial charge in [0.2, 0.25) is 5.91 Å². The van der Waals surface area contributed by atoms with E-state index >= 15 is 0 Å². The highest BCUT2D eigenvalue weighted by Crippen LogP contribution is 2.30. The Bertz CT molecular complexity index is 539. The topological polar surface area (TPSA) is 85.0 Å². The van der Waals surface area contributed by atoms with Crippen LogP contribution in [0.2, 0.25) is 0 Å². The van der Waals surface area contributed by atoms with Gasteiger partial charge >= 0.3 is 6.18 Å². The minimum Gasteiger partial charge on any atom is -0.491 e. The molecule has 0 aliphatic heterocycles. The molecule has 2 unspecified atom stereocenters. The van der Waals surface area contributed by atoms with Gasteiger partial charge in [0.05, 0.1) is 18.1 Å². The van der Waals surface area contributed by atoms with Gasteiger partial charge in [0.15, 0.2) is 0 Å². The first kappa shape index (κ1) is 24.5. The van der Waals surface area contributed by atoms with E-state index in [9.17, 15) is 23.1 Å². The van der Waals surface area contributed by atoms with Crippen molar-refractivity contribution >= 4 is 18.3 Å². The lowest BCUT2D eigenvalue weighted by Crippen LogP contribution is -2.39. The summed E-state index contributed by atoms with van der Waals surface area (Å²) in [5.41, 5.74) is 4.67. The van der Waals surface area contributed by atoms with E-state index in [0.717, 1.165) is 12.1 Å². The zero-order valence-electron chi connectivity index (χ0n) is 14.5. The van der Waals surface area contributed by atoms with Gasteiger partial charge in [-0.1, -0.05) is 0 Å². The van der Waals surface area contributed by atoms with Crippen LogP contribution in [-0.4, -0.2) is 62.0 Å². The van der Waals surface area contributed by atoms with Crippen LogP contribution < -0.4 is 10.5 Å². The van der Waals surface area contributed by atoms with Gasteiger partial charge in [0, 0.05) is 27.2 Å². The summed E-state index contributed by atoms with van der Waals surface area (Å²) in [6.45, 7) is 0.0592. The summed E-state index contributed by atoms with van der Waals surface area (Å²) in [6, 6.07) is 4.15. The van der Waals surface area contributed by atoms with E-state index in [1.165, 1.54) is 31.2 Å². The highest BCUT2D eigenvalue weighted by Gasteiger charge is 2.30. The number of amides is 1. The highest BCUT2D eigenvalue weighted by atomic mass is 35.5. The highest BCUT2D eigenvalue weighted by molar-refractivity contribution is 5.85. The number of alkyl halides is 3. The monoisotopic (exact) mass is 400 g/mol. The second-order valence-electron chi connectivity index (χ2n) is 5.56. The molecule has 0 fully saturated rings. The average molecular weight is 401 g/mol. The van der Waals surface area contributed by atoms with Crippen molar-refractivity contribution in [2.24, 2.45) is 5.73 Å². The lowest BCUT2D eigenvalue weighted by atomic mass is 10.2. The lowest BCUT2D eigenvalue weighted by Gasteiger charge is -2.23. The molecule has 0 spiro atoms. The van der Waals surface area contributed by atoms with Crippen LogP contribution in [0.3, 0.4) is 0 Å². The zero-order valence-corrected chi connectivity index (χ0v) is 15.3. The molecule has 0 aromatic heterocycles. The Hall–Kier alpha value is -1.55. The van der Waals surface area contributed by atoms with Crippen molar-refractivity contribution in [2.45, 2.75) is 24.8 Å². The van der Waals surface area contributed by atoms with Crippen LogP contribution in [0.15, 0.2) is 24.3 Å². The predicted molar refractivity (Wildman–Crippen MR) is 92.3 cm³/mol. The number of nitrogens with two attached hydrogens (primary N) is 1. The quantitative estimate of drug-likeness (QED) is 0.659. The van der Waals surface area contributed by atoms with E-state index in [1.54, 1.807) is 0 Å². The van der Waals surface area contributed by atoms with Gasteiger partial charge in [-0.2, -0.15) is 13.2 Å². The molecule has 26 heavy (non-hydrogen) atoms. The summed E-state index contributed by atoms with van der Waals surface area (Å²) in [5.74, 6) is -0.0468. The molecule has 0 radical (unpaired) electrons. The smallest absolute Gasteiger partial charge is 0.416 e. The number of halogens is 4. The molecule has 0 saturated heterocycles. The van der Waals surface area contributed by atoms with Gasteiger partial charge in [-0.25, -0.2) is 0 Å². The van der Waals surface area contributed by atoms with Gasteiger partial charge in [-0.15, -0.1) is 12.4 Å². The standard InChI is InChI=1S/C16H23F3N2O4.ClH/c1-21(15(23)7-14(8-20)24-2)9-12(22)10-25-13-5-3-11(4-6-13)16(17,18)19;/h3-6,12,14,22H,7-10,20H2,1-2H3;1H. The molecule has 10 heteroatoms. The second-order valence-corrected chi connectivity index (χ2v) is 5.56. The molecule has 150 valence electrons. The molecular formula is C16H24ClF3N2O4. The molecule has 0 aliphatic rings. The molecule has 1 amide bonds. The molecule has 0 heterocycles. The number of methoxy groups -OCH3 is 1. The normalized spacial score (nSPS) is 13.5. The third-order valence-corrected chi connectivity index (χ3v) is 3.53. The molecule has 3 N–H and O–H groups in total. The first-order chi connectivity index (χ1) is 11.7. The van der Waals surface area contributed by atoms with Gasteiger partial charge in [-0.3, -0.25) is 4.79 Å². The summed E-state index contributed by atoms with van der Waals surface area (Å²) in [5, 5.41) is 9.91. The predicted octanol–water partition coefficient (Wildman–Crippen LogP) is 1.69. The van der Waals surface area contributed by atoms with Gasteiger partial charge in [-0.05, 0) is 24.3 Å². The molecular weight excluding hydrogens is 377 g/mol. The van der Waals surface area contributed by atoms with Crippen molar-refractivity contribution in [1.82, 2.24) is 4.90 Å². The molecule has 6 nitrogen and oxygen atoms in total. The first-order valence-corrected chi connectivity index (χ1v) is 7.62. The number of rotatable bonds is 9. The number of ether oxygens (including phenoxy) is 2. The van der Waals surface area contributed by atoms with Gasteiger partial charge in [0.1, 0.15) is 18.5 Å². The average Bonchev–Trinajstić information content (AvgIpc) is 2.57. The van der Waals surface area contributed by atoms with Crippen molar-refractivity contribution in [2.75, 3.05) is 33.9 Å². The molecule has 1 aromatic carbocycles. The third-order valence-electron chi connectivity index (χ3n) is 3.53. The lowest BCUT2D eigenvalue weighted by molar-refractivity contribution is -0.137. The summed E-state index contributed by atoms with van der Waals surface area (Å²) in [4.78, 5) is 13.3. The van der Waals surface area contributed by atoms with E-state index in [2.05, 4.69) is 0 Å². The number of carbonyl (C=O) groups excluding carboxylic acids is 1. The minimum atomic E-state index is -4.41. The fraction of sp³-hybridized carbons (Fsp3) is 0.562. The van der Waals surface area contributed by atoms with Gasteiger partial charge < -0.3 is 25.2 Å². The maximum atomic E-state index is 12.5. The van der Waals surface area contributed by atoms with Crippen LogP contribution in [0, 0.1) is 0 Å². The number of nitrogens with zero attached hydrogens (tertiary/aromatic N) is 1. The number of hydrogen-bond donors (Lipinski definition) is 2. The fourth-order valence-corrected chi connectivity index (χ4v) is 2.02. The van der Waals surface area contributed by atoms with E-state index in [0.29, 0.717) is 0 Å². The second kappa shape index (κ2) is 11.2. The van der Waals surface area contributed by atoms with Crippen LogP contribution in [0.5, 0.6) is 5.75 Å². The molecule has 0 aliphatic carbocycles. The summed E-state index contributed by atoms with van der Waals surface area (Å²) >= 11 is 0. The van der Waals surface area contributed by atoms with E-state index in [-0.39, 0.29) is 50.2 Å². The third kappa shape index (κ3) is 8.22. The Balaban J connectivity index is 0.00000625. The van der Waals surface area contributed by atoms with Crippen LogP contribution in [0.25, 0.3) is 0 Å². The Kier molecular flexibility index (Phi) is 10.6. The molecule has 2 atom stereocenters. The zero-order chi connectivity index (χ0) is 19.0. The number of likely N-dealkylation sites (N-methyl/N-ethyl adjacent to an activating group) is 1. The number of benzene rings is 1. The number of hydrogen-bond acceptors (Lipinski definition) is 5. The molecule has 1 aromatic rings. The largest absolute Gasteiger partial charge is 0.491 e. The van der Waals surface area contributed by atoms with Crippen LogP contribution >= 0.6 is 12.4 Å². The summed E-state index contributed by atoms with van der Waals surface area (Å²) in [6.07, 6.45) is -5.70. The summed E-state index contributed by atoms with van der Waals surface area (Å²) in [7, 11) is 2.98. The van der Waals surface area contributed by atoms with Crippen LogP contribution in [0.1, 0.15) is 12.0 Å². The maximum Gasteiger partial charge on any atom is 0.416 e. The Morgan fingerprint density at radius 3 is 2.35 bits per heavy atom. The SMILES string of the molecule is COC(CN)CC(=O)N(C)CC(O)COc1ccc(C(F)(F)F)cc1.Cl. The van der Waals surface area contributed by atoms with Crippen molar-refractivity contribution in [3.05, 3.63) is 29.8 Å². The van der Waals surface area contributed by atoms with E-state index < -0.39 is 23.9 Å². The Labute approximate surface area is 156 Å². The number of aliphatic hydroxyl groups excluding tert-OH is 1. The first-order valence-electron chi connectivity index (χ1n) is 7.62. The van der Waals surface area contributed by atoms with E-state index in [4.69, 9.17) is 15.2 Å². The Morgan fingerprint density at radius 2 is 1.88 bits per heavy atom. The van der Waals surface area contributed by atoms with Crippen molar-refractivity contribution in [1.29, 1.82) is 0 Å². The fourth-order valence-electron chi connectivity index (χ4n) is 2.02. The van der Waals surface area contributed by atoms with Crippen LogP contribution in [0.4, 0.5) is 13.2 Å². The van der Waals surface area contributed by atoms with Gasteiger partial charge in [0.25, 0.3) is 0 Å². The Morgan fingerprint density at radius 1 is 1.31 bits per heavy atom. The summed E-state index contributed by atoms with van der Waals surface area (Å²) < 4.78 is 47.6. The van der Waals surface area contributed by atoms with Crippen LogP contribution in [-0.2, 0) is 15.7 Å². The minimum absolute atomic E-state index is 0.